The van der Waals surface area contributed by atoms with Gasteiger partial charge in [0, 0.05) is 56.6 Å². The number of carbonyl (C=O) groups is 1. The number of piperazine rings is 1. The van der Waals surface area contributed by atoms with Crippen LogP contribution in [0.15, 0.2) is 53.5 Å². The summed E-state index contributed by atoms with van der Waals surface area (Å²) in [6.45, 7) is 7.29. The summed E-state index contributed by atoms with van der Waals surface area (Å²) in [6, 6.07) is 14.3. The maximum Gasteiger partial charge on any atom is 0.251 e. The third-order valence-electron chi connectivity index (χ3n) is 5.12. The van der Waals surface area contributed by atoms with Crippen LogP contribution in [0.5, 0.6) is 11.5 Å². The molecule has 0 radical (unpaired) electrons. The van der Waals surface area contributed by atoms with Crippen LogP contribution in [0.2, 0.25) is 0 Å². The number of carbonyl (C=O) groups excluding carboxylic acids is 1. The highest BCUT2D eigenvalue weighted by molar-refractivity contribution is 14.0. The molecule has 1 aliphatic rings. The fourth-order valence-electron chi connectivity index (χ4n) is 3.46. The summed E-state index contributed by atoms with van der Waals surface area (Å²) in [6.07, 6.45) is 0. The van der Waals surface area contributed by atoms with E-state index in [2.05, 4.69) is 44.5 Å². The zero-order valence-corrected chi connectivity index (χ0v) is 20.9. The highest BCUT2D eigenvalue weighted by atomic mass is 127. The molecule has 3 N–H and O–H groups in total. The van der Waals surface area contributed by atoms with Gasteiger partial charge in [-0.05, 0) is 43.3 Å². The maximum absolute atomic E-state index is 12.2. The summed E-state index contributed by atoms with van der Waals surface area (Å²) < 4.78 is 5.33. The number of hydrogen-bond donors (Lipinski definition) is 3. The molecule has 0 aromatic heterocycles. The molecule has 2 aromatic carbocycles. The number of anilines is 1. The van der Waals surface area contributed by atoms with Crippen molar-refractivity contribution in [1.82, 2.24) is 15.5 Å². The number of phenols is 1. The molecule has 1 amide bonds. The molecule has 1 heterocycles. The van der Waals surface area contributed by atoms with Gasteiger partial charge in [0.05, 0.1) is 13.7 Å². The van der Waals surface area contributed by atoms with E-state index >= 15 is 0 Å². The van der Waals surface area contributed by atoms with E-state index < -0.39 is 0 Å². The third kappa shape index (κ3) is 7.18. The van der Waals surface area contributed by atoms with Crippen molar-refractivity contribution in [1.29, 1.82) is 0 Å². The molecule has 174 valence electrons. The van der Waals surface area contributed by atoms with Crippen LogP contribution in [0.3, 0.4) is 0 Å². The number of phenolic OH excluding ortho intramolecular Hbond substituents is 1. The van der Waals surface area contributed by atoms with Crippen LogP contribution < -0.4 is 20.3 Å². The molecule has 0 saturated carbocycles. The lowest BCUT2D eigenvalue weighted by molar-refractivity contribution is 0.0954. The molecule has 0 atom stereocenters. The van der Waals surface area contributed by atoms with Crippen molar-refractivity contribution in [2.45, 2.75) is 6.92 Å². The standard InChI is InChI=1S/C23H31N5O3.HI/c1-3-24-23(26-12-11-25-22(30)18-7-9-20(29)10-8-18)28-15-13-27(14-16-28)19-5-4-6-21(17-19)31-2;/h4-10,17,29H,3,11-16H2,1-2H3,(H,24,26)(H,25,30);1H. The van der Waals surface area contributed by atoms with Gasteiger partial charge in [-0.1, -0.05) is 6.07 Å². The second-order valence-corrected chi connectivity index (χ2v) is 7.21. The minimum atomic E-state index is -0.174. The number of aliphatic imine (C=N–C) groups is 1. The molecule has 0 unspecified atom stereocenters. The quantitative estimate of drug-likeness (QED) is 0.212. The fourth-order valence-corrected chi connectivity index (χ4v) is 3.46. The van der Waals surface area contributed by atoms with Gasteiger partial charge >= 0.3 is 0 Å². The van der Waals surface area contributed by atoms with E-state index in [0.29, 0.717) is 18.7 Å². The lowest BCUT2D eigenvalue weighted by atomic mass is 10.2. The minimum absolute atomic E-state index is 0. The summed E-state index contributed by atoms with van der Waals surface area (Å²) >= 11 is 0. The Morgan fingerprint density at radius 2 is 1.81 bits per heavy atom. The predicted octanol–water partition coefficient (Wildman–Crippen LogP) is 2.54. The van der Waals surface area contributed by atoms with Crippen molar-refractivity contribution in [3.8, 4) is 11.5 Å². The number of rotatable bonds is 7. The molecular formula is C23H32IN5O3. The van der Waals surface area contributed by atoms with Crippen LogP contribution in [-0.2, 0) is 0 Å². The molecule has 9 heteroatoms. The van der Waals surface area contributed by atoms with Crippen LogP contribution in [0, 0.1) is 0 Å². The zero-order chi connectivity index (χ0) is 22.1. The van der Waals surface area contributed by atoms with E-state index in [-0.39, 0.29) is 35.6 Å². The van der Waals surface area contributed by atoms with Gasteiger partial charge in [0.1, 0.15) is 11.5 Å². The summed E-state index contributed by atoms with van der Waals surface area (Å²) in [4.78, 5) is 21.4. The highest BCUT2D eigenvalue weighted by Crippen LogP contribution is 2.22. The normalized spacial score (nSPS) is 13.9. The average molecular weight is 553 g/mol. The Morgan fingerprint density at radius 1 is 1.09 bits per heavy atom. The minimum Gasteiger partial charge on any atom is -0.508 e. The van der Waals surface area contributed by atoms with Crippen molar-refractivity contribution < 1.29 is 14.6 Å². The molecule has 8 nitrogen and oxygen atoms in total. The second-order valence-electron chi connectivity index (χ2n) is 7.21. The largest absolute Gasteiger partial charge is 0.508 e. The molecule has 0 spiro atoms. The number of benzene rings is 2. The number of ether oxygens (including phenoxy) is 1. The summed E-state index contributed by atoms with van der Waals surface area (Å²) in [5.74, 6) is 1.70. The van der Waals surface area contributed by atoms with E-state index in [9.17, 15) is 9.90 Å². The van der Waals surface area contributed by atoms with Crippen molar-refractivity contribution in [3.63, 3.8) is 0 Å². The number of halogens is 1. The number of methoxy groups -OCH3 is 1. The number of nitrogens with one attached hydrogen (secondary N) is 2. The van der Waals surface area contributed by atoms with E-state index in [1.807, 2.05) is 12.1 Å². The third-order valence-corrected chi connectivity index (χ3v) is 5.12. The molecule has 2 aromatic rings. The van der Waals surface area contributed by atoms with Gasteiger partial charge in [-0.2, -0.15) is 0 Å². The van der Waals surface area contributed by atoms with Crippen LogP contribution >= 0.6 is 24.0 Å². The van der Waals surface area contributed by atoms with E-state index in [1.165, 1.54) is 12.1 Å². The molecular weight excluding hydrogens is 521 g/mol. The molecule has 1 aliphatic heterocycles. The van der Waals surface area contributed by atoms with Crippen molar-refractivity contribution in [3.05, 3.63) is 54.1 Å². The summed E-state index contributed by atoms with van der Waals surface area (Å²) in [5, 5.41) is 15.5. The van der Waals surface area contributed by atoms with E-state index in [0.717, 1.165) is 50.1 Å². The summed E-state index contributed by atoms with van der Waals surface area (Å²) in [7, 11) is 1.68. The number of guanidine groups is 1. The Hall–Kier alpha value is -2.69. The van der Waals surface area contributed by atoms with Crippen LogP contribution in [0.1, 0.15) is 17.3 Å². The van der Waals surface area contributed by atoms with E-state index in [1.54, 1.807) is 19.2 Å². The predicted molar refractivity (Wildman–Crippen MR) is 139 cm³/mol. The van der Waals surface area contributed by atoms with Gasteiger partial charge in [0.25, 0.3) is 5.91 Å². The lowest BCUT2D eigenvalue weighted by Crippen LogP contribution is -2.52. The van der Waals surface area contributed by atoms with Gasteiger partial charge in [-0.15, -0.1) is 24.0 Å². The first-order valence-corrected chi connectivity index (χ1v) is 10.6. The molecule has 1 saturated heterocycles. The molecule has 32 heavy (non-hydrogen) atoms. The monoisotopic (exact) mass is 553 g/mol. The van der Waals surface area contributed by atoms with Gasteiger partial charge in [0.2, 0.25) is 0 Å². The Kier molecular flexibility index (Phi) is 10.4. The Balaban J connectivity index is 0.00000363. The van der Waals surface area contributed by atoms with Crippen molar-refractivity contribution in [2.24, 2.45) is 4.99 Å². The van der Waals surface area contributed by atoms with Crippen LogP contribution in [-0.4, -0.2) is 74.8 Å². The second kappa shape index (κ2) is 13.0. The molecule has 3 rings (SSSR count). The average Bonchev–Trinajstić information content (AvgIpc) is 2.81. The maximum atomic E-state index is 12.2. The first-order chi connectivity index (χ1) is 15.1. The molecule has 0 aliphatic carbocycles. The Bertz CT molecular complexity index is 883. The molecule has 0 bridgehead atoms. The van der Waals surface area contributed by atoms with Crippen molar-refractivity contribution >= 4 is 41.5 Å². The van der Waals surface area contributed by atoms with Crippen molar-refractivity contribution in [2.75, 3.05) is 57.8 Å². The first kappa shape index (κ1) is 25.6. The van der Waals surface area contributed by atoms with Gasteiger partial charge < -0.3 is 30.3 Å². The first-order valence-electron chi connectivity index (χ1n) is 10.6. The Morgan fingerprint density at radius 3 is 2.47 bits per heavy atom. The lowest BCUT2D eigenvalue weighted by Gasteiger charge is -2.37. The number of aromatic hydroxyl groups is 1. The van der Waals surface area contributed by atoms with E-state index in [4.69, 9.17) is 4.74 Å². The van der Waals surface area contributed by atoms with Crippen LogP contribution in [0.4, 0.5) is 5.69 Å². The van der Waals surface area contributed by atoms with Crippen LogP contribution in [0.25, 0.3) is 0 Å². The van der Waals surface area contributed by atoms with Gasteiger partial charge in [-0.3, -0.25) is 9.79 Å². The smallest absolute Gasteiger partial charge is 0.251 e. The summed E-state index contributed by atoms with van der Waals surface area (Å²) in [5.41, 5.74) is 1.68. The molecule has 1 fully saturated rings. The number of nitrogens with zero attached hydrogens (tertiary/aromatic N) is 3. The Labute approximate surface area is 206 Å². The topological polar surface area (TPSA) is 89.4 Å². The van der Waals surface area contributed by atoms with Gasteiger partial charge in [-0.25, -0.2) is 0 Å². The zero-order valence-electron chi connectivity index (χ0n) is 18.6. The van der Waals surface area contributed by atoms with Gasteiger partial charge in [0.15, 0.2) is 5.96 Å². The number of hydrogen-bond acceptors (Lipinski definition) is 5. The number of amides is 1. The highest BCUT2D eigenvalue weighted by Gasteiger charge is 2.20. The fraction of sp³-hybridized carbons (Fsp3) is 0.391. The SMILES string of the molecule is CCNC(=NCCNC(=O)c1ccc(O)cc1)N1CCN(c2cccc(OC)c2)CC1.I.